The van der Waals surface area contributed by atoms with Crippen LogP contribution in [0.3, 0.4) is 0 Å². The molecule has 1 saturated carbocycles. The molecule has 1 aliphatic rings. The monoisotopic (exact) mass is 369 g/mol. The van der Waals surface area contributed by atoms with Crippen molar-refractivity contribution in [3.8, 4) is 0 Å². The predicted octanol–water partition coefficient (Wildman–Crippen LogP) is 5.10. The molecule has 1 fully saturated rings. The Hall–Kier alpha value is -0.260. The third-order valence-electron chi connectivity index (χ3n) is 3.90. The summed E-state index contributed by atoms with van der Waals surface area (Å²) in [6, 6.07) is 5.39. The molecule has 0 aliphatic heterocycles. The van der Waals surface area contributed by atoms with Gasteiger partial charge in [-0.3, -0.25) is 0 Å². The van der Waals surface area contributed by atoms with Crippen molar-refractivity contribution in [1.82, 2.24) is 0 Å². The Balaban J connectivity index is 2.14. The molecule has 1 nitrogen and oxygen atoms in total. The third-order valence-corrected chi connectivity index (χ3v) is 4.75. The van der Waals surface area contributed by atoms with Crippen LogP contribution in [0.4, 0.5) is 13.2 Å². The van der Waals surface area contributed by atoms with Crippen molar-refractivity contribution in [2.75, 3.05) is 0 Å². The summed E-state index contributed by atoms with van der Waals surface area (Å²) in [6.45, 7) is 0. The molecule has 6 heteroatoms. The van der Waals surface area contributed by atoms with Crippen LogP contribution in [0.5, 0.6) is 0 Å². The average Bonchev–Trinajstić information content (AvgIpc) is 2.32. The van der Waals surface area contributed by atoms with E-state index in [-0.39, 0.29) is 12.8 Å². The molecule has 20 heavy (non-hydrogen) atoms. The number of halogens is 5. The third kappa shape index (κ3) is 3.89. The molecule has 0 bridgehead atoms. The molecule has 0 aromatic heterocycles. The van der Waals surface area contributed by atoms with Crippen molar-refractivity contribution < 1.29 is 13.2 Å². The lowest BCUT2D eigenvalue weighted by molar-refractivity contribution is -0.187. The van der Waals surface area contributed by atoms with E-state index in [0.717, 1.165) is 10.0 Å². The van der Waals surface area contributed by atoms with Crippen molar-refractivity contribution in [2.45, 2.75) is 43.8 Å². The molecule has 1 aromatic rings. The van der Waals surface area contributed by atoms with E-state index in [0.29, 0.717) is 24.3 Å². The minimum atomic E-state index is -4.16. The van der Waals surface area contributed by atoms with Gasteiger partial charge >= 0.3 is 6.18 Å². The molecule has 0 radical (unpaired) electrons. The number of rotatable bonds is 2. The molecule has 2 unspecified atom stereocenters. The van der Waals surface area contributed by atoms with Crippen molar-refractivity contribution in [2.24, 2.45) is 11.7 Å². The van der Waals surface area contributed by atoms with Crippen LogP contribution in [0.15, 0.2) is 22.7 Å². The van der Waals surface area contributed by atoms with E-state index < -0.39 is 17.6 Å². The van der Waals surface area contributed by atoms with Crippen LogP contribution < -0.4 is 5.73 Å². The highest BCUT2D eigenvalue weighted by molar-refractivity contribution is 9.10. The van der Waals surface area contributed by atoms with Crippen LogP contribution in [-0.4, -0.2) is 11.7 Å². The number of benzene rings is 1. The van der Waals surface area contributed by atoms with Gasteiger partial charge in [0.05, 0.1) is 5.92 Å². The fourth-order valence-corrected chi connectivity index (χ4v) is 3.62. The second-order valence-corrected chi connectivity index (χ2v) is 6.93. The van der Waals surface area contributed by atoms with Crippen molar-refractivity contribution in [3.63, 3.8) is 0 Å². The molecule has 0 amide bonds. The zero-order valence-electron chi connectivity index (χ0n) is 10.8. The molecule has 0 heterocycles. The summed E-state index contributed by atoms with van der Waals surface area (Å²) in [5.41, 5.74) is 6.20. The zero-order valence-corrected chi connectivity index (χ0v) is 13.2. The topological polar surface area (TPSA) is 26.0 Å². The van der Waals surface area contributed by atoms with Crippen LogP contribution in [0, 0.1) is 5.92 Å². The van der Waals surface area contributed by atoms with E-state index in [1.54, 1.807) is 6.07 Å². The summed E-state index contributed by atoms with van der Waals surface area (Å²) < 4.78 is 39.4. The predicted molar refractivity (Wildman–Crippen MR) is 77.8 cm³/mol. The first-order valence-corrected chi connectivity index (χ1v) is 7.66. The average molecular weight is 371 g/mol. The van der Waals surface area contributed by atoms with Gasteiger partial charge in [0.1, 0.15) is 0 Å². The molecule has 2 rings (SSSR count). The fraction of sp³-hybridized carbons (Fsp3) is 0.571. The molecule has 1 aromatic carbocycles. The quantitative estimate of drug-likeness (QED) is 0.770. The summed E-state index contributed by atoms with van der Waals surface area (Å²) in [4.78, 5) is 0. The standard InChI is InChI=1S/C14H16BrClF3N/c15-11-4-3-9(12(16)6-11)7-13(20)5-1-2-10(8-13)14(17,18)19/h3-4,6,10H,1-2,5,7-8,20H2. The molecule has 112 valence electrons. The van der Waals surface area contributed by atoms with Crippen molar-refractivity contribution >= 4 is 27.5 Å². The summed E-state index contributed by atoms with van der Waals surface area (Å²) >= 11 is 9.44. The maximum Gasteiger partial charge on any atom is 0.391 e. The first-order valence-electron chi connectivity index (χ1n) is 6.49. The molecular weight excluding hydrogens is 355 g/mol. The van der Waals surface area contributed by atoms with Gasteiger partial charge in [-0.2, -0.15) is 13.2 Å². The number of hydrogen-bond acceptors (Lipinski definition) is 1. The van der Waals surface area contributed by atoms with Crippen LogP contribution in [-0.2, 0) is 6.42 Å². The SMILES string of the molecule is NC1(Cc2ccc(Br)cc2Cl)CCCC(C(F)(F)F)C1. The van der Waals surface area contributed by atoms with Crippen molar-refractivity contribution in [1.29, 1.82) is 0 Å². The van der Waals surface area contributed by atoms with Gasteiger partial charge < -0.3 is 5.73 Å². The molecule has 2 atom stereocenters. The number of alkyl halides is 3. The Morgan fingerprint density at radius 2 is 2.10 bits per heavy atom. The van der Waals surface area contributed by atoms with E-state index in [1.807, 2.05) is 12.1 Å². The lowest BCUT2D eigenvalue weighted by Crippen LogP contribution is -2.49. The smallest absolute Gasteiger partial charge is 0.325 e. The normalized spacial score (nSPS) is 27.6. The van der Waals surface area contributed by atoms with Gasteiger partial charge in [-0.15, -0.1) is 0 Å². The molecular formula is C14H16BrClF3N. The second-order valence-electron chi connectivity index (χ2n) is 5.61. The minimum absolute atomic E-state index is 0.0249. The summed E-state index contributed by atoms with van der Waals surface area (Å²) in [5.74, 6) is -1.30. The lowest BCUT2D eigenvalue weighted by Gasteiger charge is -2.39. The summed E-state index contributed by atoms with van der Waals surface area (Å²) in [7, 11) is 0. The zero-order chi connectivity index (χ0) is 15.0. The van der Waals surface area contributed by atoms with Crippen LogP contribution in [0.25, 0.3) is 0 Å². The first-order chi connectivity index (χ1) is 9.20. The van der Waals surface area contributed by atoms with Gasteiger partial charge in [0.2, 0.25) is 0 Å². The highest BCUT2D eigenvalue weighted by Gasteiger charge is 2.46. The Bertz CT molecular complexity index is 492. The van der Waals surface area contributed by atoms with Crippen LogP contribution in [0.2, 0.25) is 5.02 Å². The van der Waals surface area contributed by atoms with E-state index >= 15 is 0 Å². The Kier molecular flexibility index (Phi) is 4.72. The lowest BCUT2D eigenvalue weighted by atomic mass is 9.73. The van der Waals surface area contributed by atoms with E-state index in [9.17, 15) is 13.2 Å². The van der Waals surface area contributed by atoms with Gasteiger partial charge in [0.25, 0.3) is 0 Å². The number of nitrogens with two attached hydrogens (primary N) is 1. The van der Waals surface area contributed by atoms with Crippen molar-refractivity contribution in [3.05, 3.63) is 33.3 Å². The molecule has 0 saturated heterocycles. The van der Waals surface area contributed by atoms with Crippen LogP contribution in [0.1, 0.15) is 31.2 Å². The highest BCUT2D eigenvalue weighted by atomic mass is 79.9. The first kappa shape index (κ1) is 16.1. The van der Waals surface area contributed by atoms with Gasteiger partial charge in [-0.25, -0.2) is 0 Å². The van der Waals surface area contributed by atoms with Gasteiger partial charge in [0, 0.05) is 15.0 Å². The van der Waals surface area contributed by atoms with E-state index in [4.69, 9.17) is 17.3 Å². The van der Waals surface area contributed by atoms with Gasteiger partial charge in [0.15, 0.2) is 0 Å². The van der Waals surface area contributed by atoms with E-state index in [1.165, 1.54) is 0 Å². The maximum atomic E-state index is 12.9. The summed E-state index contributed by atoms with van der Waals surface area (Å²) in [5, 5.41) is 0.540. The summed E-state index contributed by atoms with van der Waals surface area (Å²) in [6.07, 6.45) is -2.51. The van der Waals surface area contributed by atoms with Crippen LogP contribution >= 0.6 is 27.5 Å². The molecule has 0 spiro atoms. The molecule has 1 aliphatic carbocycles. The maximum absolute atomic E-state index is 12.9. The Morgan fingerprint density at radius 1 is 1.40 bits per heavy atom. The van der Waals surface area contributed by atoms with E-state index in [2.05, 4.69) is 15.9 Å². The van der Waals surface area contributed by atoms with Gasteiger partial charge in [-0.05, 0) is 43.4 Å². The van der Waals surface area contributed by atoms with Gasteiger partial charge in [-0.1, -0.05) is 40.0 Å². The Labute approximate surface area is 129 Å². The number of hydrogen-bond donors (Lipinski definition) is 1. The Morgan fingerprint density at radius 3 is 2.70 bits per heavy atom. The highest BCUT2D eigenvalue weighted by Crippen LogP contribution is 2.42. The fourth-order valence-electron chi connectivity index (χ4n) is 2.88. The second kappa shape index (κ2) is 5.85. The largest absolute Gasteiger partial charge is 0.391 e. The minimum Gasteiger partial charge on any atom is -0.325 e. The molecule has 2 N–H and O–H groups in total.